The summed E-state index contributed by atoms with van der Waals surface area (Å²) in [5.41, 5.74) is 5.52. The highest BCUT2D eigenvalue weighted by molar-refractivity contribution is 5.92. The van der Waals surface area contributed by atoms with Gasteiger partial charge in [-0.2, -0.15) is 0 Å². The number of ether oxygens (including phenoxy) is 1. The quantitative estimate of drug-likeness (QED) is 0.757. The Morgan fingerprint density at radius 3 is 1.93 bits per heavy atom. The molecule has 1 rings (SSSR count). The number of hydrogen-bond acceptors (Lipinski definition) is 2. The first-order valence-corrected chi connectivity index (χ1v) is 4.66. The second-order valence-corrected chi connectivity index (χ2v) is 2.76. The summed E-state index contributed by atoms with van der Waals surface area (Å²) >= 11 is 0. The van der Waals surface area contributed by atoms with Crippen molar-refractivity contribution < 1.29 is 9.53 Å². The minimum Gasteiger partial charge on any atom is -0.497 e. The van der Waals surface area contributed by atoms with Gasteiger partial charge in [0.1, 0.15) is 5.75 Å². The van der Waals surface area contributed by atoms with Crippen molar-refractivity contribution in [1.29, 1.82) is 0 Å². The van der Waals surface area contributed by atoms with Gasteiger partial charge in [-0.3, -0.25) is 4.79 Å². The molecule has 3 heteroatoms. The first-order chi connectivity index (χ1) is 7.15. The maximum absolute atomic E-state index is 10.6. The Morgan fingerprint density at radius 2 is 1.67 bits per heavy atom. The summed E-state index contributed by atoms with van der Waals surface area (Å²) in [5, 5.41) is 0. The van der Waals surface area contributed by atoms with Crippen LogP contribution in [0.2, 0.25) is 0 Å². The fraction of sp³-hybridized carbons (Fsp3) is 0.250. The van der Waals surface area contributed by atoms with Crippen molar-refractivity contribution in [2.75, 3.05) is 7.11 Å². The number of methoxy groups -OCH3 is 1. The first kappa shape index (κ1) is 13.2. The molecule has 0 aliphatic carbocycles. The maximum atomic E-state index is 10.6. The third kappa shape index (κ3) is 5.52. The van der Waals surface area contributed by atoms with Crippen molar-refractivity contribution in [2.24, 2.45) is 5.73 Å². The largest absolute Gasteiger partial charge is 0.497 e. The number of hydrogen-bond donors (Lipinski definition) is 1. The Morgan fingerprint density at radius 1 is 1.20 bits per heavy atom. The van der Waals surface area contributed by atoms with Crippen LogP contribution in [-0.4, -0.2) is 13.0 Å². The van der Waals surface area contributed by atoms with Crippen LogP contribution in [0.3, 0.4) is 0 Å². The zero-order valence-electron chi connectivity index (χ0n) is 9.36. The summed E-state index contributed by atoms with van der Waals surface area (Å²) < 4.78 is 4.90. The third-order valence-corrected chi connectivity index (χ3v) is 1.71. The molecule has 0 aromatic heterocycles. The minimum atomic E-state index is -0.423. The molecule has 3 nitrogen and oxygen atoms in total. The van der Waals surface area contributed by atoms with E-state index in [1.165, 1.54) is 0 Å². The zero-order valence-corrected chi connectivity index (χ0v) is 9.36. The zero-order chi connectivity index (χ0) is 11.7. The van der Waals surface area contributed by atoms with Crippen LogP contribution >= 0.6 is 0 Å². The molecule has 0 saturated heterocycles. The van der Waals surface area contributed by atoms with Crippen LogP contribution in [0.4, 0.5) is 0 Å². The van der Waals surface area contributed by atoms with Gasteiger partial charge in [-0.15, -0.1) is 0 Å². The van der Waals surface area contributed by atoms with Gasteiger partial charge < -0.3 is 10.5 Å². The molecule has 0 aliphatic heterocycles. The number of carbonyl (C=O) groups excluding carboxylic acids is 1. The molecule has 0 atom stereocenters. The molecule has 0 spiro atoms. The summed E-state index contributed by atoms with van der Waals surface area (Å²) in [6, 6.07) is 6.64. The van der Waals surface area contributed by atoms with Gasteiger partial charge in [-0.25, -0.2) is 0 Å². The summed E-state index contributed by atoms with van der Waals surface area (Å²) in [4.78, 5) is 10.6. The van der Waals surface area contributed by atoms with Gasteiger partial charge in [0.25, 0.3) is 0 Å². The molecule has 82 valence electrons. The number of carbonyl (C=O) groups is 1. The van der Waals surface area contributed by atoms with Crippen LogP contribution in [0.25, 0.3) is 0 Å². The van der Waals surface area contributed by atoms with E-state index in [1.54, 1.807) is 31.4 Å². The Kier molecular flexibility index (Phi) is 6.72. The van der Waals surface area contributed by atoms with E-state index in [9.17, 15) is 4.79 Å². The molecule has 1 aromatic carbocycles. The van der Waals surface area contributed by atoms with Crippen molar-refractivity contribution in [3.63, 3.8) is 0 Å². The number of amides is 1. The molecular weight excluding hydrogens is 190 g/mol. The molecule has 1 aromatic rings. The van der Waals surface area contributed by atoms with Gasteiger partial charge in [0.2, 0.25) is 5.91 Å². The molecule has 0 bridgehead atoms. The first-order valence-electron chi connectivity index (χ1n) is 4.66. The van der Waals surface area contributed by atoms with Crippen LogP contribution in [-0.2, 0) is 0 Å². The van der Waals surface area contributed by atoms with Crippen molar-refractivity contribution in [1.82, 2.24) is 0 Å². The monoisotopic (exact) mass is 207 g/mol. The summed E-state index contributed by atoms with van der Waals surface area (Å²) in [5.74, 6) is 0.294. The van der Waals surface area contributed by atoms with Crippen LogP contribution in [0, 0.1) is 0 Å². The predicted octanol–water partition coefficient (Wildman–Crippen LogP) is 2.38. The highest BCUT2D eigenvalue weighted by Crippen LogP contribution is 2.10. The lowest BCUT2D eigenvalue weighted by molar-refractivity contribution is 0.100. The van der Waals surface area contributed by atoms with Crippen molar-refractivity contribution in [2.45, 2.75) is 13.8 Å². The van der Waals surface area contributed by atoms with Crippen LogP contribution in [0.5, 0.6) is 5.75 Å². The average molecular weight is 207 g/mol. The van der Waals surface area contributed by atoms with Crippen LogP contribution in [0.1, 0.15) is 24.2 Å². The number of benzene rings is 1. The molecule has 0 aliphatic rings. The number of allylic oxidation sites excluding steroid dienone is 2. The topological polar surface area (TPSA) is 52.3 Å². The molecule has 0 radical (unpaired) electrons. The van der Waals surface area contributed by atoms with E-state index in [2.05, 4.69) is 0 Å². The molecule has 0 saturated carbocycles. The Balaban J connectivity index is 0.000000423. The van der Waals surface area contributed by atoms with E-state index < -0.39 is 5.91 Å². The standard InChI is InChI=1S/C8H9NO2.C4H8/c1-11-7-4-2-6(3-5-7)8(9)10;1-3-4-2/h2-5H,1H3,(H2,9,10);3-4H,1-2H3/b;4-3-. The summed E-state index contributed by atoms with van der Waals surface area (Å²) in [7, 11) is 1.57. The predicted molar refractivity (Wildman–Crippen MR) is 62.0 cm³/mol. The van der Waals surface area contributed by atoms with E-state index in [1.807, 2.05) is 26.0 Å². The highest BCUT2D eigenvalue weighted by atomic mass is 16.5. The lowest BCUT2D eigenvalue weighted by Gasteiger charge is -1.98. The van der Waals surface area contributed by atoms with E-state index in [0.29, 0.717) is 5.56 Å². The molecule has 15 heavy (non-hydrogen) atoms. The molecule has 2 N–H and O–H groups in total. The normalized spacial score (nSPS) is 9.27. The van der Waals surface area contributed by atoms with Gasteiger partial charge in [0.15, 0.2) is 0 Å². The summed E-state index contributed by atoms with van der Waals surface area (Å²) in [6.07, 6.45) is 4.00. The van der Waals surface area contributed by atoms with Gasteiger partial charge in [0, 0.05) is 5.56 Å². The van der Waals surface area contributed by atoms with Crippen LogP contribution < -0.4 is 10.5 Å². The number of nitrogens with two attached hydrogens (primary N) is 1. The molecular formula is C12H17NO2. The summed E-state index contributed by atoms with van der Waals surface area (Å²) in [6.45, 7) is 4.00. The van der Waals surface area contributed by atoms with Crippen molar-refractivity contribution in [3.8, 4) is 5.75 Å². The van der Waals surface area contributed by atoms with Gasteiger partial charge in [0.05, 0.1) is 7.11 Å². The average Bonchev–Trinajstić information content (AvgIpc) is 2.29. The van der Waals surface area contributed by atoms with E-state index >= 15 is 0 Å². The Labute approximate surface area is 90.6 Å². The van der Waals surface area contributed by atoms with Gasteiger partial charge in [-0.1, -0.05) is 12.2 Å². The minimum absolute atomic E-state index is 0.423. The van der Waals surface area contributed by atoms with E-state index in [0.717, 1.165) is 5.75 Å². The van der Waals surface area contributed by atoms with Gasteiger partial charge >= 0.3 is 0 Å². The van der Waals surface area contributed by atoms with Crippen molar-refractivity contribution >= 4 is 5.91 Å². The fourth-order valence-corrected chi connectivity index (χ4v) is 0.755. The van der Waals surface area contributed by atoms with E-state index in [-0.39, 0.29) is 0 Å². The lowest BCUT2D eigenvalue weighted by Crippen LogP contribution is -2.10. The Hall–Kier alpha value is -1.77. The van der Waals surface area contributed by atoms with Gasteiger partial charge in [-0.05, 0) is 38.1 Å². The lowest BCUT2D eigenvalue weighted by atomic mass is 10.2. The fourth-order valence-electron chi connectivity index (χ4n) is 0.755. The SMILES string of the molecule is C/C=C\C.COc1ccc(C(N)=O)cc1. The smallest absolute Gasteiger partial charge is 0.248 e. The molecule has 1 amide bonds. The number of rotatable bonds is 2. The van der Waals surface area contributed by atoms with Crippen LogP contribution in [0.15, 0.2) is 36.4 Å². The maximum Gasteiger partial charge on any atom is 0.248 e. The molecule has 0 unspecified atom stereocenters. The van der Waals surface area contributed by atoms with Crippen molar-refractivity contribution in [3.05, 3.63) is 42.0 Å². The number of primary amides is 1. The third-order valence-electron chi connectivity index (χ3n) is 1.71. The Bertz CT molecular complexity index is 311. The second-order valence-electron chi connectivity index (χ2n) is 2.76. The highest BCUT2D eigenvalue weighted by Gasteiger charge is 1.98. The molecule has 0 heterocycles. The van der Waals surface area contributed by atoms with E-state index in [4.69, 9.17) is 10.5 Å². The second kappa shape index (κ2) is 7.62. The molecule has 0 fully saturated rings.